The maximum Gasteiger partial charge on any atom is 0.191 e. The van der Waals surface area contributed by atoms with Gasteiger partial charge in [-0.3, -0.25) is 0 Å². The summed E-state index contributed by atoms with van der Waals surface area (Å²) in [6, 6.07) is 0. The normalized spacial score (nSPS) is 7.64. The average molecular weight is 182 g/mol. The maximum atomic E-state index is 10.5. The molecule has 72 valence electrons. The third kappa shape index (κ3) is 42.8. The lowest BCUT2D eigenvalue weighted by atomic mass is 11.4. The smallest absolute Gasteiger partial charge is 0.191 e. The van der Waals surface area contributed by atoms with Crippen LogP contribution in [-0.4, -0.2) is 32.9 Å². The predicted octanol–water partition coefficient (Wildman–Crippen LogP) is 0.889. The van der Waals surface area contributed by atoms with E-state index >= 15 is 0 Å². The minimum atomic E-state index is -1.03. The number of hydrogen-bond donors (Lipinski definition) is 0. The van der Waals surface area contributed by atoms with Gasteiger partial charge in [-0.2, -0.15) is 0 Å². The van der Waals surface area contributed by atoms with Crippen LogP contribution in [0.1, 0.15) is 0 Å². The fraction of sp³-hybridized carbons (Fsp3) is 1.00. The largest absolute Gasteiger partial charge is 0.412 e. The van der Waals surface area contributed by atoms with Gasteiger partial charge in [-0.05, 0) is 0 Å². The van der Waals surface area contributed by atoms with Crippen LogP contribution in [0.3, 0.4) is 0 Å². The van der Waals surface area contributed by atoms with Crippen LogP contribution >= 0.6 is 0 Å². The summed E-state index contributed by atoms with van der Waals surface area (Å²) in [4.78, 5) is 0. The van der Waals surface area contributed by atoms with Crippen molar-refractivity contribution in [2.24, 2.45) is 0 Å². The first kappa shape index (κ1) is 16.9. The molecule has 0 bridgehead atoms. The van der Waals surface area contributed by atoms with Gasteiger partial charge in [0.25, 0.3) is 0 Å². The van der Waals surface area contributed by atoms with Gasteiger partial charge < -0.3 is 14.9 Å². The molecule has 0 atom stereocenters. The number of alkyl halides is 4. The van der Waals surface area contributed by atoms with E-state index in [1.807, 2.05) is 0 Å². The lowest BCUT2D eigenvalue weighted by Gasteiger charge is -1.80. The van der Waals surface area contributed by atoms with Crippen molar-refractivity contribution >= 4 is 0 Å². The topological polar surface area (TPSA) is 50.0 Å². The highest BCUT2D eigenvalue weighted by Gasteiger charge is 1.71. The third-order valence-electron chi connectivity index (χ3n) is 0.309. The number of ether oxygens (including phenoxy) is 2. The monoisotopic (exact) mass is 182 g/mol. The van der Waals surface area contributed by atoms with E-state index in [1.54, 1.807) is 0 Å². The van der Waals surface area contributed by atoms with Crippen LogP contribution in [0, 0.1) is 0 Å². The predicted molar refractivity (Wildman–Crippen MR) is 29.7 cm³/mol. The van der Waals surface area contributed by atoms with Gasteiger partial charge in [0.2, 0.25) is 0 Å². The Hall–Kier alpha value is -0.400. The van der Waals surface area contributed by atoms with Crippen molar-refractivity contribution in [1.29, 1.82) is 0 Å². The first-order chi connectivity index (χ1) is 4.83. The molecule has 2 N–H and O–H groups in total. The zero-order valence-electron chi connectivity index (χ0n) is 5.66. The molecule has 0 heterocycles. The molecular formula is C4H10F4O3. The van der Waals surface area contributed by atoms with Crippen LogP contribution in [0.2, 0.25) is 0 Å². The number of hydrogen-bond acceptors (Lipinski definition) is 2. The summed E-state index contributed by atoms with van der Waals surface area (Å²) in [5, 5.41) is 0. The molecule has 0 fully saturated rings. The SMILES string of the molecule is FCOCF.FCOCF.O. The molecule has 0 spiro atoms. The molecule has 0 aromatic heterocycles. The van der Waals surface area contributed by atoms with Gasteiger partial charge in [0, 0.05) is 0 Å². The molecule has 0 saturated carbocycles. The molecule has 0 aliphatic carbocycles. The molecule has 0 aliphatic rings. The summed E-state index contributed by atoms with van der Waals surface area (Å²) >= 11 is 0. The highest BCUT2D eigenvalue weighted by molar-refractivity contribution is 3.85. The molecule has 3 nitrogen and oxygen atoms in total. The molecule has 7 heteroatoms. The number of halogens is 4. The van der Waals surface area contributed by atoms with Crippen molar-refractivity contribution in [3.05, 3.63) is 0 Å². The average Bonchev–Trinajstić information content (AvgIpc) is 1.93. The van der Waals surface area contributed by atoms with Gasteiger partial charge in [0.15, 0.2) is 27.4 Å². The second-order valence-electron chi connectivity index (χ2n) is 0.845. The molecule has 0 aromatic rings. The van der Waals surface area contributed by atoms with E-state index in [0.717, 1.165) is 0 Å². The van der Waals surface area contributed by atoms with Gasteiger partial charge in [-0.15, -0.1) is 0 Å². The summed E-state index contributed by atoms with van der Waals surface area (Å²) < 4.78 is 49.1. The Kier molecular flexibility index (Phi) is 34.8. The summed E-state index contributed by atoms with van der Waals surface area (Å²) in [5.41, 5.74) is 0. The van der Waals surface area contributed by atoms with Gasteiger partial charge in [0.05, 0.1) is 0 Å². The van der Waals surface area contributed by atoms with Crippen LogP contribution in [-0.2, 0) is 9.47 Å². The molecular weight excluding hydrogens is 172 g/mol. The molecule has 0 unspecified atom stereocenters. The van der Waals surface area contributed by atoms with Gasteiger partial charge >= 0.3 is 0 Å². The van der Waals surface area contributed by atoms with E-state index in [4.69, 9.17) is 0 Å². The molecule has 0 radical (unpaired) electrons. The van der Waals surface area contributed by atoms with Crippen LogP contribution < -0.4 is 0 Å². The second kappa shape index (κ2) is 22.6. The number of rotatable bonds is 4. The van der Waals surface area contributed by atoms with Crippen LogP contribution in [0.25, 0.3) is 0 Å². The Balaban J connectivity index is -0.000000107. The zero-order chi connectivity index (χ0) is 8.24. The summed E-state index contributed by atoms with van der Waals surface area (Å²) in [6.45, 7) is -4.12. The van der Waals surface area contributed by atoms with E-state index in [0.29, 0.717) is 0 Å². The van der Waals surface area contributed by atoms with Crippen molar-refractivity contribution < 1.29 is 32.5 Å². The zero-order valence-corrected chi connectivity index (χ0v) is 5.66. The Morgan fingerprint density at radius 3 is 0.818 bits per heavy atom. The molecule has 0 saturated heterocycles. The van der Waals surface area contributed by atoms with Crippen molar-refractivity contribution in [3.63, 3.8) is 0 Å². The van der Waals surface area contributed by atoms with E-state index in [1.165, 1.54) is 0 Å². The molecule has 0 aliphatic heterocycles. The van der Waals surface area contributed by atoms with E-state index < -0.39 is 27.4 Å². The fourth-order valence-electron chi connectivity index (χ4n) is 0.0583. The van der Waals surface area contributed by atoms with Crippen molar-refractivity contribution in [2.45, 2.75) is 0 Å². The van der Waals surface area contributed by atoms with Crippen LogP contribution in [0.5, 0.6) is 0 Å². The van der Waals surface area contributed by atoms with Crippen molar-refractivity contribution in [3.8, 4) is 0 Å². The lowest BCUT2D eigenvalue weighted by molar-refractivity contribution is 0.00260. The summed E-state index contributed by atoms with van der Waals surface area (Å²) in [7, 11) is 0. The highest BCUT2D eigenvalue weighted by Crippen LogP contribution is 1.71. The van der Waals surface area contributed by atoms with Gasteiger partial charge in [-0.1, -0.05) is 0 Å². The van der Waals surface area contributed by atoms with Crippen LogP contribution in [0.4, 0.5) is 17.6 Å². The Morgan fingerprint density at radius 2 is 0.818 bits per heavy atom. The molecule has 11 heavy (non-hydrogen) atoms. The minimum Gasteiger partial charge on any atom is -0.412 e. The van der Waals surface area contributed by atoms with Crippen LogP contribution in [0.15, 0.2) is 0 Å². The first-order valence-electron chi connectivity index (χ1n) is 2.22. The summed E-state index contributed by atoms with van der Waals surface area (Å²) in [5.74, 6) is 0. The second-order valence-corrected chi connectivity index (χ2v) is 0.845. The Morgan fingerprint density at radius 1 is 0.636 bits per heavy atom. The first-order valence-corrected chi connectivity index (χ1v) is 2.22. The molecule has 0 aromatic carbocycles. The summed E-state index contributed by atoms with van der Waals surface area (Å²) in [6.07, 6.45) is 0. The van der Waals surface area contributed by atoms with Crippen molar-refractivity contribution in [1.82, 2.24) is 0 Å². The standard InChI is InChI=1S/2C2H4F2O.H2O/c2*3-1-5-2-4;/h2*1-2H2;1H2. The van der Waals surface area contributed by atoms with Gasteiger partial charge in [-0.25, -0.2) is 17.6 Å². The van der Waals surface area contributed by atoms with E-state index in [-0.39, 0.29) is 5.48 Å². The fourth-order valence-corrected chi connectivity index (χ4v) is 0.0583. The Bertz CT molecular complexity index is 38.3. The maximum absolute atomic E-state index is 10.5. The van der Waals surface area contributed by atoms with E-state index in [9.17, 15) is 17.6 Å². The molecule has 0 amide bonds. The molecule has 0 rings (SSSR count). The lowest BCUT2D eigenvalue weighted by Crippen LogP contribution is -1.80. The van der Waals surface area contributed by atoms with E-state index in [2.05, 4.69) is 9.47 Å². The third-order valence-corrected chi connectivity index (χ3v) is 0.309. The Labute approximate surface area is 61.2 Å². The van der Waals surface area contributed by atoms with Gasteiger partial charge in [0.1, 0.15) is 0 Å². The quantitative estimate of drug-likeness (QED) is 0.606. The van der Waals surface area contributed by atoms with Crippen molar-refractivity contribution in [2.75, 3.05) is 27.4 Å². The highest BCUT2D eigenvalue weighted by atomic mass is 19.2. The minimum absolute atomic E-state index is 0.